The number of alkyl halides is 4. The van der Waals surface area contributed by atoms with E-state index < -0.39 is 29.8 Å². The number of rotatable bonds is 3. The number of carbonyl (C=O) groups excluding carboxylic acids is 1. The molecule has 2 nitrogen and oxygen atoms in total. The van der Waals surface area contributed by atoms with Crippen LogP contribution in [0.1, 0.15) is 0 Å². The summed E-state index contributed by atoms with van der Waals surface area (Å²) in [7, 11) is 0. The van der Waals surface area contributed by atoms with Crippen LogP contribution in [-0.4, -0.2) is 18.3 Å². The summed E-state index contributed by atoms with van der Waals surface area (Å²) in [6.45, 7) is 0. The Labute approximate surface area is 101 Å². The second-order valence-corrected chi connectivity index (χ2v) is 3.83. The molecule has 0 aliphatic carbocycles. The van der Waals surface area contributed by atoms with Gasteiger partial charge in [0.25, 0.3) is 0 Å². The summed E-state index contributed by atoms with van der Waals surface area (Å²) in [4.78, 5) is 10.9. The Kier molecular flexibility index (Phi) is 4.07. The molecule has 0 aliphatic heterocycles. The lowest BCUT2D eigenvalue weighted by molar-refractivity contribution is -0.163. The highest BCUT2D eigenvalue weighted by Gasteiger charge is 2.49. The van der Waals surface area contributed by atoms with Gasteiger partial charge in [0.05, 0.1) is 5.69 Å². The van der Waals surface area contributed by atoms with Gasteiger partial charge < -0.3 is 5.32 Å². The minimum absolute atomic E-state index is 0.0316. The maximum atomic E-state index is 13.1. The molecule has 0 bridgehead atoms. The molecular weight excluding hydrogens is 313 g/mol. The van der Waals surface area contributed by atoms with Gasteiger partial charge in [-0.05, 0) is 28.1 Å². The maximum absolute atomic E-state index is 13.1. The van der Waals surface area contributed by atoms with E-state index in [9.17, 15) is 26.7 Å². The highest BCUT2D eigenvalue weighted by molar-refractivity contribution is 9.10. The van der Waals surface area contributed by atoms with Gasteiger partial charge >= 0.3 is 18.3 Å². The fraction of sp³-hybridized carbons (Fsp3) is 0.222. The van der Waals surface area contributed by atoms with E-state index in [0.29, 0.717) is 0 Å². The molecule has 1 rings (SSSR count). The SMILES string of the molecule is O=C(Nc1c(F)cccc1Br)C(F)(F)C(F)F. The molecule has 0 unspecified atom stereocenters. The smallest absolute Gasteiger partial charge is 0.317 e. The molecule has 0 radical (unpaired) electrons. The third-order valence-electron chi connectivity index (χ3n) is 1.78. The van der Waals surface area contributed by atoms with Crippen molar-refractivity contribution in [1.82, 2.24) is 0 Å². The Morgan fingerprint density at radius 2 is 1.94 bits per heavy atom. The molecule has 1 amide bonds. The van der Waals surface area contributed by atoms with Gasteiger partial charge in [-0.15, -0.1) is 0 Å². The van der Waals surface area contributed by atoms with Crippen molar-refractivity contribution in [2.24, 2.45) is 0 Å². The summed E-state index contributed by atoms with van der Waals surface area (Å²) < 4.78 is 62.0. The zero-order valence-corrected chi connectivity index (χ0v) is 9.57. The van der Waals surface area contributed by atoms with E-state index in [-0.39, 0.29) is 4.47 Å². The number of nitrogens with one attached hydrogen (secondary N) is 1. The first kappa shape index (κ1) is 13.9. The van der Waals surface area contributed by atoms with Crippen molar-refractivity contribution in [3.63, 3.8) is 0 Å². The molecule has 1 N–H and O–H groups in total. The number of amides is 1. The second kappa shape index (κ2) is 4.99. The van der Waals surface area contributed by atoms with Crippen LogP contribution in [0.15, 0.2) is 22.7 Å². The van der Waals surface area contributed by atoms with Crippen LogP contribution >= 0.6 is 15.9 Å². The highest BCUT2D eigenvalue weighted by atomic mass is 79.9. The minimum Gasteiger partial charge on any atom is -0.317 e. The quantitative estimate of drug-likeness (QED) is 0.850. The Hall–Kier alpha value is -1.18. The number of anilines is 1. The van der Waals surface area contributed by atoms with Gasteiger partial charge in [-0.2, -0.15) is 8.78 Å². The van der Waals surface area contributed by atoms with Gasteiger partial charge in [-0.25, -0.2) is 13.2 Å². The number of para-hydroxylation sites is 1. The summed E-state index contributed by atoms with van der Waals surface area (Å²) in [5, 5.41) is 1.41. The molecule has 17 heavy (non-hydrogen) atoms. The largest absolute Gasteiger partial charge is 0.383 e. The lowest BCUT2D eigenvalue weighted by Crippen LogP contribution is -2.41. The van der Waals surface area contributed by atoms with Crippen LogP contribution in [0.25, 0.3) is 0 Å². The standard InChI is InChI=1S/C9H5BrF5NO/c10-4-2-1-3-5(11)6(4)16-8(17)9(14,15)7(12)13/h1-3,7H,(H,16,17). The monoisotopic (exact) mass is 317 g/mol. The molecule has 0 saturated heterocycles. The van der Waals surface area contributed by atoms with E-state index in [4.69, 9.17) is 0 Å². The topological polar surface area (TPSA) is 29.1 Å². The number of benzene rings is 1. The Balaban J connectivity index is 2.96. The van der Waals surface area contributed by atoms with Crippen LogP contribution < -0.4 is 5.32 Å². The first-order chi connectivity index (χ1) is 7.76. The molecular formula is C9H5BrF5NO. The molecule has 0 fully saturated rings. The van der Waals surface area contributed by atoms with Crippen molar-refractivity contribution < 1.29 is 26.7 Å². The number of hydrogen-bond acceptors (Lipinski definition) is 1. The number of halogens is 6. The molecule has 0 heterocycles. The molecule has 0 aliphatic rings. The fourth-order valence-electron chi connectivity index (χ4n) is 0.913. The lowest BCUT2D eigenvalue weighted by atomic mass is 10.2. The van der Waals surface area contributed by atoms with Crippen molar-refractivity contribution in [2.45, 2.75) is 12.3 Å². The van der Waals surface area contributed by atoms with Crippen molar-refractivity contribution in [3.05, 3.63) is 28.5 Å². The van der Waals surface area contributed by atoms with E-state index in [1.165, 1.54) is 17.4 Å². The average Bonchev–Trinajstić information content (AvgIpc) is 2.23. The van der Waals surface area contributed by atoms with Gasteiger partial charge in [0, 0.05) is 4.47 Å². The number of hydrogen-bond donors (Lipinski definition) is 1. The molecule has 0 aromatic heterocycles. The van der Waals surface area contributed by atoms with Crippen LogP contribution in [0.5, 0.6) is 0 Å². The molecule has 8 heteroatoms. The minimum atomic E-state index is -4.87. The average molecular weight is 318 g/mol. The highest BCUT2D eigenvalue weighted by Crippen LogP contribution is 2.29. The number of carbonyl (C=O) groups is 1. The van der Waals surface area contributed by atoms with Gasteiger partial charge in [0.15, 0.2) is 0 Å². The third-order valence-corrected chi connectivity index (χ3v) is 2.44. The van der Waals surface area contributed by atoms with Crippen LogP contribution in [0, 0.1) is 5.82 Å². The second-order valence-electron chi connectivity index (χ2n) is 2.97. The summed E-state index contributed by atoms with van der Waals surface area (Å²) in [5.41, 5.74) is -0.613. The predicted octanol–water partition coefficient (Wildman–Crippen LogP) is 3.43. The zero-order valence-electron chi connectivity index (χ0n) is 7.99. The molecule has 0 saturated carbocycles. The Morgan fingerprint density at radius 3 is 2.41 bits per heavy atom. The molecule has 1 aromatic rings. The predicted molar refractivity (Wildman–Crippen MR) is 53.7 cm³/mol. The maximum Gasteiger partial charge on any atom is 0.383 e. The van der Waals surface area contributed by atoms with Crippen molar-refractivity contribution in [2.75, 3.05) is 5.32 Å². The van der Waals surface area contributed by atoms with Crippen LogP contribution in [0.4, 0.5) is 27.6 Å². The van der Waals surface area contributed by atoms with E-state index in [1.54, 1.807) is 0 Å². The van der Waals surface area contributed by atoms with Gasteiger partial charge in [-0.3, -0.25) is 4.79 Å². The third kappa shape index (κ3) is 2.93. The molecule has 94 valence electrons. The van der Waals surface area contributed by atoms with Gasteiger partial charge in [0.2, 0.25) is 0 Å². The van der Waals surface area contributed by atoms with E-state index in [0.717, 1.165) is 6.07 Å². The van der Waals surface area contributed by atoms with Crippen LogP contribution in [0.3, 0.4) is 0 Å². The first-order valence-corrected chi connectivity index (χ1v) is 4.97. The van der Waals surface area contributed by atoms with E-state index >= 15 is 0 Å². The Morgan fingerprint density at radius 1 is 1.35 bits per heavy atom. The Bertz CT molecular complexity index is 417. The summed E-state index contributed by atoms with van der Waals surface area (Å²) in [6.07, 6.45) is -4.16. The van der Waals surface area contributed by atoms with Crippen molar-refractivity contribution >= 4 is 27.5 Å². The van der Waals surface area contributed by atoms with Crippen molar-refractivity contribution in [3.8, 4) is 0 Å². The van der Waals surface area contributed by atoms with Crippen molar-refractivity contribution in [1.29, 1.82) is 0 Å². The first-order valence-electron chi connectivity index (χ1n) is 4.18. The fourth-order valence-corrected chi connectivity index (χ4v) is 1.35. The summed E-state index contributed by atoms with van der Waals surface area (Å²) in [5.74, 6) is -8.15. The van der Waals surface area contributed by atoms with Gasteiger partial charge in [-0.1, -0.05) is 6.07 Å². The molecule has 0 spiro atoms. The van der Waals surface area contributed by atoms with Crippen LogP contribution in [-0.2, 0) is 4.79 Å². The summed E-state index contributed by atoms with van der Waals surface area (Å²) in [6, 6.07) is 3.40. The van der Waals surface area contributed by atoms with E-state index in [2.05, 4.69) is 15.9 Å². The van der Waals surface area contributed by atoms with Gasteiger partial charge in [0.1, 0.15) is 5.82 Å². The lowest BCUT2D eigenvalue weighted by Gasteiger charge is -2.15. The molecule has 0 atom stereocenters. The zero-order chi connectivity index (χ0) is 13.2. The van der Waals surface area contributed by atoms with Crippen LogP contribution in [0.2, 0.25) is 0 Å². The molecule has 1 aromatic carbocycles. The van der Waals surface area contributed by atoms with E-state index in [1.807, 2.05) is 0 Å². The summed E-state index contributed by atoms with van der Waals surface area (Å²) >= 11 is 2.79. The normalized spacial score (nSPS) is 11.7.